The van der Waals surface area contributed by atoms with Crippen LogP contribution >= 0.6 is 0 Å². The van der Waals surface area contributed by atoms with Gasteiger partial charge in [-0.25, -0.2) is 0 Å². The van der Waals surface area contributed by atoms with Crippen LogP contribution in [0.1, 0.15) is 0 Å². The first-order valence-corrected chi connectivity index (χ1v) is 19.9. The van der Waals surface area contributed by atoms with Gasteiger partial charge in [-0.2, -0.15) is 0 Å². The van der Waals surface area contributed by atoms with E-state index >= 15 is 0 Å². The second-order valence-corrected chi connectivity index (χ2v) is 15.0. The Hall–Kier alpha value is -7.68. The maximum absolute atomic E-state index is 2.43. The molecule has 11 rings (SSSR count). The van der Waals surface area contributed by atoms with Crippen LogP contribution < -0.4 is 4.90 Å². The summed E-state index contributed by atoms with van der Waals surface area (Å²) in [6.07, 6.45) is 0. The number of rotatable bonds is 7. The molecule has 0 N–H and O–H groups in total. The Bertz CT molecular complexity index is 3270. The number of para-hydroxylation sites is 3. The summed E-state index contributed by atoms with van der Waals surface area (Å²) in [6, 6.07) is 83.8. The summed E-state index contributed by atoms with van der Waals surface area (Å²) in [7, 11) is 0. The molecule has 0 bridgehead atoms. The van der Waals surface area contributed by atoms with Gasteiger partial charge in [0.1, 0.15) is 0 Å². The normalized spacial score (nSPS) is 11.4. The van der Waals surface area contributed by atoms with E-state index in [9.17, 15) is 0 Å². The van der Waals surface area contributed by atoms with Crippen molar-refractivity contribution in [3.63, 3.8) is 0 Å². The minimum atomic E-state index is 1.10. The van der Waals surface area contributed by atoms with Crippen LogP contribution in [0, 0.1) is 0 Å². The number of aromatic nitrogens is 1. The fourth-order valence-corrected chi connectivity index (χ4v) is 8.70. The van der Waals surface area contributed by atoms with E-state index in [-0.39, 0.29) is 0 Å². The first kappa shape index (κ1) is 33.6. The summed E-state index contributed by atoms with van der Waals surface area (Å²) in [4.78, 5) is 2.43. The van der Waals surface area contributed by atoms with Crippen molar-refractivity contribution in [2.45, 2.75) is 0 Å². The van der Waals surface area contributed by atoms with Gasteiger partial charge in [0.2, 0.25) is 0 Å². The smallest absolute Gasteiger partial charge is 0.0542 e. The number of hydrogen-bond acceptors (Lipinski definition) is 1. The lowest BCUT2D eigenvalue weighted by atomic mass is 9.96. The van der Waals surface area contributed by atoms with Gasteiger partial charge in [0, 0.05) is 33.4 Å². The molecule has 0 radical (unpaired) electrons. The minimum absolute atomic E-state index is 1.10. The average Bonchev–Trinajstić information content (AvgIpc) is 3.63. The lowest BCUT2D eigenvalue weighted by molar-refractivity contribution is 1.18. The van der Waals surface area contributed by atoms with E-state index in [1.807, 2.05) is 0 Å². The molecule has 10 aromatic carbocycles. The van der Waals surface area contributed by atoms with Gasteiger partial charge in [-0.3, -0.25) is 0 Å². The van der Waals surface area contributed by atoms with Gasteiger partial charge in [0.15, 0.2) is 0 Å². The topological polar surface area (TPSA) is 8.17 Å². The Morgan fingerprint density at radius 1 is 0.293 bits per heavy atom. The van der Waals surface area contributed by atoms with Gasteiger partial charge in [-0.05, 0) is 122 Å². The lowest BCUT2D eigenvalue weighted by Crippen LogP contribution is -2.11. The fourth-order valence-electron chi connectivity index (χ4n) is 8.70. The van der Waals surface area contributed by atoms with E-state index in [4.69, 9.17) is 0 Å². The monoisotopic (exact) mass is 738 g/mol. The standard InChI is InChI=1S/C56H38N2/c1-4-14-39(15-5-1)43-27-24-40-25-28-44(35-46(40)34-43)45-29-26-41-30-31-49(37-47(41)36-45)57(54-22-12-10-20-51(54)42-16-6-2-7-17-42)50-32-33-56-53(38-50)52-21-11-13-23-55(52)58(56)48-18-8-3-9-19-48/h1-38H. The van der Waals surface area contributed by atoms with Crippen LogP contribution in [0.4, 0.5) is 17.1 Å². The molecule has 0 aliphatic rings. The molecule has 0 atom stereocenters. The van der Waals surface area contributed by atoms with Crippen molar-refractivity contribution in [1.82, 2.24) is 4.57 Å². The molecule has 1 heterocycles. The quantitative estimate of drug-likeness (QED) is 0.158. The average molecular weight is 739 g/mol. The Labute approximate surface area is 338 Å². The van der Waals surface area contributed by atoms with Crippen LogP contribution in [0.2, 0.25) is 0 Å². The molecule has 0 saturated heterocycles. The predicted molar refractivity (Wildman–Crippen MR) is 247 cm³/mol. The first-order valence-electron chi connectivity index (χ1n) is 19.9. The second-order valence-electron chi connectivity index (χ2n) is 15.0. The molecule has 0 spiro atoms. The summed E-state index contributed by atoms with van der Waals surface area (Å²) in [5, 5.41) is 7.32. The van der Waals surface area contributed by atoms with E-state index in [0.29, 0.717) is 0 Å². The number of hydrogen-bond donors (Lipinski definition) is 0. The minimum Gasteiger partial charge on any atom is -0.310 e. The molecule has 0 aliphatic heterocycles. The molecule has 0 unspecified atom stereocenters. The van der Waals surface area contributed by atoms with Gasteiger partial charge in [0.05, 0.1) is 16.7 Å². The zero-order chi connectivity index (χ0) is 38.4. The Morgan fingerprint density at radius 3 is 1.50 bits per heavy atom. The van der Waals surface area contributed by atoms with Crippen LogP contribution in [0.15, 0.2) is 231 Å². The molecule has 2 heteroatoms. The molecule has 11 aromatic rings. The first-order chi connectivity index (χ1) is 28.7. The molecule has 1 aromatic heterocycles. The highest BCUT2D eigenvalue weighted by atomic mass is 15.1. The predicted octanol–water partition coefficient (Wildman–Crippen LogP) is 15.6. The van der Waals surface area contributed by atoms with E-state index in [1.165, 1.54) is 76.7 Å². The van der Waals surface area contributed by atoms with Crippen molar-refractivity contribution < 1.29 is 0 Å². The van der Waals surface area contributed by atoms with Crippen molar-refractivity contribution in [2.24, 2.45) is 0 Å². The Kier molecular flexibility index (Phi) is 8.19. The molecule has 0 aliphatic carbocycles. The van der Waals surface area contributed by atoms with E-state index in [0.717, 1.165) is 22.7 Å². The fraction of sp³-hybridized carbons (Fsp3) is 0. The van der Waals surface area contributed by atoms with Crippen LogP contribution in [0.3, 0.4) is 0 Å². The Balaban J connectivity index is 1.08. The lowest BCUT2D eigenvalue weighted by Gasteiger charge is -2.28. The van der Waals surface area contributed by atoms with Crippen molar-refractivity contribution >= 4 is 60.4 Å². The van der Waals surface area contributed by atoms with Gasteiger partial charge in [-0.1, -0.05) is 158 Å². The highest BCUT2D eigenvalue weighted by Crippen LogP contribution is 2.44. The molecule has 0 amide bonds. The molecule has 58 heavy (non-hydrogen) atoms. The third-order valence-electron chi connectivity index (χ3n) is 11.5. The molecular weight excluding hydrogens is 701 g/mol. The van der Waals surface area contributed by atoms with Gasteiger partial charge >= 0.3 is 0 Å². The molecule has 0 fully saturated rings. The summed E-state index contributed by atoms with van der Waals surface area (Å²) < 4.78 is 2.38. The third-order valence-corrected chi connectivity index (χ3v) is 11.5. The molecule has 0 saturated carbocycles. The summed E-state index contributed by atoms with van der Waals surface area (Å²) >= 11 is 0. The maximum atomic E-state index is 2.43. The van der Waals surface area contributed by atoms with Crippen molar-refractivity contribution in [1.29, 1.82) is 0 Å². The van der Waals surface area contributed by atoms with E-state index < -0.39 is 0 Å². The van der Waals surface area contributed by atoms with Crippen LogP contribution in [-0.2, 0) is 0 Å². The van der Waals surface area contributed by atoms with Crippen LogP contribution in [-0.4, -0.2) is 4.57 Å². The SMILES string of the molecule is c1ccc(-c2ccc3ccc(-c4ccc5ccc(N(c6ccc7c(c6)c6ccccc6n7-c6ccccc6)c6ccccc6-c6ccccc6)cc5c4)cc3c2)cc1. The summed E-state index contributed by atoms with van der Waals surface area (Å²) in [5.74, 6) is 0. The molecular formula is C56H38N2. The van der Waals surface area contributed by atoms with E-state index in [2.05, 4.69) is 240 Å². The van der Waals surface area contributed by atoms with Crippen molar-refractivity contribution in [3.8, 4) is 39.1 Å². The maximum Gasteiger partial charge on any atom is 0.0542 e. The van der Waals surface area contributed by atoms with Crippen LogP contribution in [0.5, 0.6) is 0 Å². The van der Waals surface area contributed by atoms with Crippen molar-refractivity contribution in [2.75, 3.05) is 4.90 Å². The zero-order valence-electron chi connectivity index (χ0n) is 31.8. The third kappa shape index (κ3) is 5.91. The number of fused-ring (bicyclic) bond motifs is 5. The molecule has 272 valence electrons. The highest BCUT2D eigenvalue weighted by Gasteiger charge is 2.20. The van der Waals surface area contributed by atoms with Crippen molar-refractivity contribution in [3.05, 3.63) is 231 Å². The zero-order valence-corrected chi connectivity index (χ0v) is 31.8. The second kappa shape index (κ2) is 14.1. The van der Waals surface area contributed by atoms with Crippen LogP contribution in [0.25, 0.3) is 82.4 Å². The number of nitrogens with zero attached hydrogens (tertiary/aromatic N) is 2. The Morgan fingerprint density at radius 2 is 0.793 bits per heavy atom. The largest absolute Gasteiger partial charge is 0.310 e. The highest BCUT2D eigenvalue weighted by molar-refractivity contribution is 6.11. The van der Waals surface area contributed by atoms with Gasteiger partial charge in [-0.15, -0.1) is 0 Å². The van der Waals surface area contributed by atoms with E-state index in [1.54, 1.807) is 0 Å². The number of anilines is 3. The molecule has 2 nitrogen and oxygen atoms in total. The van der Waals surface area contributed by atoms with Gasteiger partial charge < -0.3 is 9.47 Å². The van der Waals surface area contributed by atoms with Gasteiger partial charge in [0.25, 0.3) is 0 Å². The summed E-state index contributed by atoms with van der Waals surface area (Å²) in [6.45, 7) is 0. The number of benzene rings is 10. The summed E-state index contributed by atoms with van der Waals surface area (Å²) in [5.41, 5.74) is 14.1.